The number of rotatable bonds is 10. The molecule has 0 atom stereocenters. The van der Waals surface area contributed by atoms with Gasteiger partial charge in [0.05, 0.1) is 19.3 Å². The Balaban J connectivity index is 0.000000334. The van der Waals surface area contributed by atoms with Crippen LogP contribution in [0, 0.1) is 24.8 Å². The fourth-order valence-corrected chi connectivity index (χ4v) is 9.54. The van der Waals surface area contributed by atoms with E-state index in [1.54, 1.807) is 11.3 Å². The van der Waals surface area contributed by atoms with Gasteiger partial charge in [0.25, 0.3) is 0 Å². The van der Waals surface area contributed by atoms with Crippen LogP contribution in [0.4, 0.5) is 0 Å². The monoisotopic (exact) mass is 845 g/mol. The van der Waals surface area contributed by atoms with Crippen LogP contribution in [0.25, 0.3) is 42.3 Å². The third kappa shape index (κ3) is 8.48. The van der Waals surface area contributed by atoms with Crippen molar-refractivity contribution in [1.82, 2.24) is 9.97 Å². The summed E-state index contributed by atoms with van der Waals surface area (Å²) in [5.41, 5.74) is 5.29. The van der Waals surface area contributed by atoms with Crippen LogP contribution in [0.1, 0.15) is 85.6 Å². The minimum absolute atomic E-state index is 0. The molecule has 5 aromatic rings. The number of fused-ring (bicyclic) bond motifs is 4. The van der Waals surface area contributed by atoms with Crippen LogP contribution in [0.3, 0.4) is 0 Å². The predicted molar refractivity (Wildman–Crippen MR) is 202 cm³/mol. The minimum atomic E-state index is -1.46. The van der Waals surface area contributed by atoms with Gasteiger partial charge in [-0.25, -0.2) is 4.98 Å². The zero-order valence-electron chi connectivity index (χ0n) is 30.7. The second-order valence-electron chi connectivity index (χ2n) is 13.7. The summed E-state index contributed by atoms with van der Waals surface area (Å²) in [7, 11) is -1.46. The third-order valence-corrected chi connectivity index (χ3v) is 12.7. The number of hydrogen-bond donors (Lipinski definition) is 1. The first-order chi connectivity index (χ1) is 22.2. The summed E-state index contributed by atoms with van der Waals surface area (Å²) in [5, 5.41) is 14.7. The molecule has 0 aliphatic heterocycles. The van der Waals surface area contributed by atoms with Crippen LogP contribution in [-0.2, 0) is 24.9 Å². The van der Waals surface area contributed by atoms with E-state index in [2.05, 4.69) is 98.9 Å². The largest absolute Gasteiger partial charge is 0.512 e. The molecule has 0 bridgehead atoms. The summed E-state index contributed by atoms with van der Waals surface area (Å²) >= 11 is 1.76. The van der Waals surface area contributed by atoms with Gasteiger partial charge in [-0.05, 0) is 44.1 Å². The van der Waals surface area contributed by atoms with Crippen molar-refractivity contribution in [2.24, 2.45) is 11.8 Å². The van der Waals surface area contributed by atoms with E-state index in [0.717, 1.165) is 57.9 Å². The van der Waals surface area contributed by atoms with Crippen molar-refractivity contribution in [1.29, 1.82) is 0 Å². The molecule has 2 heterocycles. The molecule has 5 rings (SSSR count). The molecule has 7 heteroatoms. The van der Waals surface area contributed by atoms with Gasteiger partial charge in [-0.3, -0.25) is 9.78 Å². The smallest absolute Gasteiger partial charge is 0.162 e. The van der Waals surface area contributed by atoms with Crippen LogP contribution in [0.2, 0.25) is 19.6 Å². The number of aliphatic hydroxyl groups is 1. The number of hydrogen-bond acceptors (Lipinski definition) is 5. The Morgan fingerprint density at radius 2 is 1.60 bits per heavy atom. The Morgan fingerprint density at radius 3 is 2.19 bits per heavy atom. The van der Waals surface area contributed by atoms with E-state index in [-0.39, 0.29) is 49.8 Å². The standard InChI is InChI=1S/C27H27N2SSi.C13H24O2.Ir/c1-16(2)22-14-19(13-18-9-7-8-10-20(18)22)24-27-25(29-15-28-24)21-11-12-23(31(4,5)6)17(3)26(21)30-27;1-5-10(6-2)12(14)9-13(15)11(7-3)8-4;/h7-12,14-16H,1-6H3;9-11,14H,5-8H2,1-4H3;/q-1;;/b;12-9-;/i15D;;. The number of aromatic nitrogens is 2. The van der Waals surface area contributed by atoms with E-state index in [1.165, 1.54) is 32.5 Å². The second kappa shape index (κ2) is 16.6. The average molecular weight is 845 g/mol. The van der Waals surface area contributed by atoms with Gasteiger partial charge >= 0.3 is 0 Å². The number of carbonyl (C=O) groups excluding carboxylic acids is 1. The fourth-order valence-electron chi connectivity index (χ4n) is 6.37. The Morgan fingerprint density at radius 1 is 0.957 bits per heavy atom. The van der Waals surface area contributed by atoms with Crippen molar-refractivity contribution in [2.75, 3.05) is 0 Å². The van der Waals surface area contributed by atoms with E-state index in [0.29, 0.717) is 5.92 Å². The van der Waals surface area contributed by atoms with Gasteiger partial charge in [0.1, 0.15) is 7.67 Å². The first-order valence-corrected chi connectivity index (χ1v) is 21.2. The summed E-state index contributed by atoms with van der Waals surface area (Å²) < 4.78 is 10.7. The van der Waals surface area contributed by atoms with E-state index < -0.39 is 8.07 Å². The second-order valence-corrected chi connectivity index (χ2v) is 19.7. The molecule has 1 radical (unpaired) electrons. The fraction of sp³-hybridized carbons (Fsp3) is 0.425. The van der Waals surface area contributed by atoms with Gasteiger partial charge in [0.2, 0.25) is 0 Å². The maximum Gasteiger partial charge on any atom is 0.162 e. The number of nitrogens with zero attached hydrogens (tertiary/aromatic N) is 2. The predicted octanol–water partition coefficient (Wildman–Crippen LogP) is 11.3. The molecular formula is C40H51IrN2O2SSi-. The maximum absolute atomic E-state index is 11.7. The molecule has 0 aliphatic carbocycles. The molecule has 3 aromatic carbocycles. The molecule has 4 nitrogen and oxygen atoms in total. The maximum atomic E-state index is 11.7. The van der Waals surface area contributed by atoms with Crippen molar-refractivity contribution in [2.45, 2.75) is 99.7 Å². The van der Waals surface area contributed by atoms with Gasteiger partial charge in [-0.2, -0.15) is 0 Å². The van der Waals surface area contributed by atoms with Crippen molar-refractivity contribution in [3.8, 4) is 11.3 Å². The Kier molecular flexibility index (Phi) is 13.1. The summed E-state index contributed by atoms with van der Waals surface area (Å²) in [4.78, 5) is 20.9. The Labute approximate surface area is 301 Å². The van der Waals surface area contributed by atoms with E-state index >= 15 is 0 Å². The zero-order valence-corrected chi connectivity index (χ0v) is 33.9. The molecule has 0 aliphatic rings. The number of allylic oxidation sites excluding steroid dienone is 2. The minimum Gasteiger partial charge on any atom is -0.512 e. The van der Waals surface area contributed by atoms with Crippen molar-refractivity contribution < 1.29 is 31.4 Å². The van der Waals surface area contributed by atoms with Gasteiger partial charge in [0.15, 0.2) is 5.78 Å². The number of thiophene rings is 1. The molecule has 2 aromatic heterocycles. The van der Waals surface area contributed by atoms with Crippen molar-refractivity contribution >= 4 is 61.5 Å². The molecular weight excluding hydrogens is 793 g/mol. The Bertz CT molecular complexity index is 1920. The summed E-state index contributed by atoms with van der Waals surface area (Å²) in [6.07, 6.45) is 4.97. The molecule has 0 fully saturated rings. The molecule has 0 spiro atoms. The quantitative estimate of drug-likeness (QED) is 0.0658. The van der Waals surface area contributed by atoms with Crippen LogP contribution >= 0.6 is 11.3 Å². The summed E-state index contributed by atoms with van der Waals surface area (Å²) in [5.74, 6) is 0.927. The molecule has 47 heavy (non-hydrogen) atoms. The average Bonchev–Trinajstić information content (AvgIpc) is 3.40. The SMILES string of the molecule is CCC(CC)C(=O)/C=C(\O)C(CC)CC.[2H]c1nc(-c2[c-]c3ccccc3c(C(C)C)c2)c2sc3c(C)c([Si](C)(C)C)ccc3c2n1.[Ir]. The van der Waals surface area contributed by atoms with Crippen molar-refractivity contribution in [3.63, 3.8) is 0 Å². The molecule has 0 saturated carbocycles. The number of carbonyl (C=O) groups is 1. The molecule has 253 valence electrons. The molecule has 0 saturated heterocycles. The third-order valence-electron chi connectivity index (χ3n) is 9.19. The first kappa shape index (κ1) is 37.1. The normalized spacial score (nSPS) is 12.5. The van der Waals surface area contributed by atoms with E-state index in [4.69, 9.17) is 1.37 Å². The topological polar surface area (TPSA) is 63.1 Å². The van der Waals surface area contributed by atoms with Crippen LogP contribution in [0.5, 0.6) is 0 Å². The molecule has 0 unspecified atom stereocenters. The van der Waals surface area contributed by atoms with Crippen LogP contribution in [-0.4, -0.2) is 28.9 Å². The molecule has 1 N–H and O–H groups in total. The number of aryl methyl sites for hydroxylation is 1. The van der Waals surface area contributed by atoms with Gasteiger partial charge in [-0.15, -0.1) is 40.5 Å². The van der Waals surface area contributed by atoms with Crippen LogP contribution in [0.15, 0.2) is 60.6 Å². The Hall–Kier alpha value is -2.70. The van der Waals surface area contributed by atoms with Crippen LogP contribution < -0.4 is 5.19 Å². The zero-order chi connectivity index (χ0) is 34.6. The van der Waals surface area contributed by atoms with E-state index in [1.807, 2.05) is 27.7 Å². The van der Waals surface area contributed by atoms with E-state index in [9.17, 15) is 9.90 Å². The van der Waals surface area contributed by atoms with Gasteiger partial charge < -0.3 is 5.11 Å². The van der Waals surface area contributed by atoms with Gasteiger partial charge in [-0.1, -0.05) is 108 Å². The number of benzene rings is 3. The number of aliphatic hydroxyl groups excluding tert-OH is 1. The number of ketones is 1. The molecule has 0 amide bonds. The van der Waals surface area contributed by atoms with Gasteiger partial charge in [0, 0.05) is 58.5 Å². The summed E-state index contributed by atoms with van der Waals surface area (Å²) in [6.45, 7) is 21.9. The summed E-state index contributed by atoms with van der Waals surface area (Å²) in [6, 6.07) is 18.7. The van der Waals surface area contributed by atoms with Crippen molar-refractivity contribution in [3.05, 3.63) is 77.8 Å². The first-order valence-electron chi connectivity index (χ1n) is 17.4.